The van der Waals surface area contributed by atoms with E-state index in [-0.39, 0.29) is 23.9 Å². The Labute approximate surface area is 162 Å². The number of hydrogen-bond donors (Lipinski definition) is 0. The fraction of sp³-hybridized carbons (Fsp3) is 0.375. The first-order valence-electron chi connectivity index (χ1n) is 9.50. The molecule has 3 heteroatoms. The monoisotopic (exact) mass is 364 g/mol. The zero-order valence-electron chi connectivity index (χ0n) is 16.6. The molecule has 0 saturated heterocycles. The summed E-state index contributed by atoms with van der Waals surface area (Å²) in [7, 11) is 0. The number of carbonyl (C=O) groups excluding carboxylic acids is 1. The highest BCUT2D eigenvalue weighted by atomic mass is 16.5. The van der Waals surface area contributed by atoms with Crippen molar-refractivity contribution >= 4 is 5.97 Å². The van der Waals surface area contributed by atoms with Crippen LogP contribution in [0.5, 0.6) is 11.5 Å². The van der Waals surface area contributed by atoms with E-state index in [9.17, 15) is 4.79 Å². The van der Waals surface area contributed by atoms with Crippen molar-refractivity contribution < 1.29 is 14.3 Å². The number of benzene rings is 2. The molecule has 0 radical (unpaired) electrons. The Kier molecular flexibility index (Phi) is 5.69. The van der Waals surface area contributed by atoms with Gasteiger partial charge in [0.2, 0.25) is 0 Å². The number of carbonyl (C=O) groups is 1. The summed E-state index contributed by atoms with van der Waals surface area (Å²) in [6, 6.07) is 17.3. The highest BCUT2D eigenvalue weighted by molar-refractivity contribution is 5.75. The van der Waals surface area contributed by atoms with Crippen LogP contribution in [0.4, 0.5) is 0 Å². The van der Waals surface area contributed by atoms with E-state index >= 15 is 0 Å². The molecule has 0 amide bonds. The predicted molar refractivity (Wildman–Crippen MR) is 108 cm³/mol. The normalized spacial score (nSPS) is 20.3. The number of allylic oxidation sites excluding steroid dienone is 2. The Morgan fingerprint density at radius 3 is 2.44 bits per heavy atom. The number of para-hydroxylation sites is 1. The third kappa shape index (κ3) is 4.60. The van der Waals surface area contributed by atoms with Gasteiger partial charge >= 0.3 is 5.97 Å². The summed E-state index contributed by atoms with van der Waals surface area (Å²) >= 11 is 0. The molecule has 142 valence electrons. The van der Waals surface area contributed by atoms with Crippen LogP contribution >= 0.6 is 0 Å². The number of hydrogen-bond acceptors (Lipinski definition) is 3. The predicted octanol–water partition coefficient (Wildman–Crippen LogP) is 6.15. The molecule has 0 aliphatic heterocycles. The molecule has 1 fully saturated rings. The van der Waals surface area contributed by atoms with E-state index in [4.69, 9.17) is 9.47 Å². The second-order valence-electron chi connectivity index (χ2n) is 8.13. The zero-order valence-corrected chi connectivity index (χ0v) is 16.6. The van der Waals surface area contributed by atoms with Gasteiger partial charge in [0.25, 0.3) is 0 Å². The zero-order chi connectivity index (χ0) is 19.4. The molecule has 1 saturated carbocycles. The smallest absolute Gasteiger partial charge is 0.309 e. The first kappa shape index (κ1) is 19.2. The van der Waals surface area contributed by atoms with Gasteiger partial charge in [-0.05, 0) is 61.4 Å². The summed E-state index contributed by atoms with van der Waals surface area (Å²) in [5, 5.41) is 0. The molecule has 0 bridgehead atoms. The fourth-order valence-corrected chi connectivity index (χ4v) is 3.62. The summed E-state index contributed by atoms with van der Waals surface area (Å²) in [6.45, 7) is 8.78. The van der Waals surface area contributed by atoms with Gasteiger partial charge in [-0.2, -0.15) is 0 Å². The van der Waals surface area contributed by atoms with Crippen molar-refractivity contribution in [2.24, 2.45) is 17.3 Å². The van der Waals surface area contributed by atoms with Gasteiger partial charge in [-0.1, -0.05) is 55.8 Å². The minimum atomic E-state index is -0.104. The highest BCUT2D eigenvalue weighted by Gasteiger charge is 2.51. The first-order chi connectivity index (χ1) is 12.9. The second kappa shape index (κ2) is 7.99. The maximum absolute atomic E-state index is 12.5. The Hall–Kier alpha value is -2.55. The molecule has 2 aromatic carbocycles. The first-order valence-corrected chi connectivity index (χ1v) is 9.50. The number of rotatable bonds is 6. The summed E-state index contributed by atoms with van der Waals surface area (Å²) in [5.41, 5.74) is 2.18. The lowest BCUT2D eigenvalue weighted by Gasteiger charge is -2.49. The van der Waals surface area contributed by atoms with Crippen molar-refractivity contribution in [3.8, 4) is 11.5 Å². The topological polar surface area (TPSA) is 35.5 Å². The van der Waals surface area contributed by atoms with Crippen LogP contribution in [-0.2, 0) is 16.1 Å². The van der Waals surface area contributed by atoms with Crippen molar-refractivity contribution in [3.63, 3.8) is 0 Å². The maximum atomic E-state index is 12.5. The lowest BCUT2D eigenvalue weighted by Crippen LogP contribution is -2.48. The van der Waals surface area contributed by atoms with E-state index in [1.807, 2.05) is 54.6 Å². The van der Waals surface area contributed by atoms with Gasteiger partial charge in [0, 0.05) is 0 Å². The minimum absolute atomic E-state index is 0.0400. The van der Waals surface area contributed by atoms with Crippen LogP contribution in [0.2, 0.25) is 0 Å². The Balaban J connectivity index is 1.57. The molecule has 1 aliphatic carbocycles. The van der Waals surface area contributed by atoms with Gasteiger partial charge in [0.1, 0.15) is 18.1 Å². The molecule has 0 heterocycles. The van der Waals surface area contributed by atoms with Crippen LogP contribution in [0.15, 0.2) is 66.2 Å². The van der Waals surface area contributed by atoms with Gasteiger partial charge in [-0.3, -0.25) is 4.79 Å². The highest BCUT2D eigenvalue weighted by Crippen LogP contribution is 2.52. The van der Waals surface area contributed by atoms with Crippen molar-refractivity contribution in [2.45, 2.75) is 40.7 Å². The summed E-state index contributed by atoms with van der Waals surface area (Å²) < 4.78 is 11.5. The fourth-order valence-electron chi connectivity index (χ4n) is 3.62. The van der Waals surface area contributed by atoms with Crippen LogP contribution in [0.25, 0.3) is 0 Å². The molecule has 2 atom stereocenters. The van der Waals surface area contributed by atoms with Gasteiger partial charge in [0.05, 0.1) is 5.92 Å². The largest absolute Gasteiger partial charge is 0.461 e. The summed E-state index contributed by atoms with van der Waals surface area (Å²) in [5.74, 6) is 1.83. The third-order valence-corrected chi connectivity index (χ3v) is 5.42. The lowest BCUT2D eigenvalue weighted by atomic mass is 9.54. The Morgan fingerprint density at radius 2 is 1.78 bits per heavy atom. The molecule has 0 spiro atoms. The van der Waals surface area contributed by atoms with Crippen LogP contribution in [0.1, 0.15) is 39.7 Å². The van der Waals surface area contributed by atoms with Gasteiger partial charge in [-0.15, -0.1) is 0 Å². The molecule has 3 nitrogen and oxygen atoms in total. The van der Waals surface area contributed by atoms with Crippen LogP contribution in [0.3, 0.4) is 0 Å². The van der Waals surface area contributed by atoms with Gasteiger partial charge in [-0.25, -0.2) is 0 Å². The summed E-state index contributed by atoms with van der Waals surface area (Å²) in [6.07, 6.45) is 3.14. The second-order valence-corrected chi connectivity index (χ2v) is 8.13. The molecule has 0 aromatic heterocycles. The summed E-state index contributed by atoms with van der Waals surface area (Å²) in [4.78, 5) is 12.5. The SMILES string of the molecule is CC(C)=CC1CC(C(=O)OCc2cccc(Oc3ccccc3)c2)C1(C)C. The van der Waals surface area contributed by atoms with Gasteiger partial charge < -0.3 is 9.47 Å². The Bertz CT molecular complexity index is 817. The quantitative estimate of drug-likeness (QED) is 0.455. The van der Waals surface area contributed by atoms with Crippen molar-refractivity contribution in [1.82, 2.24) is 0 Å². The molecular weight excluding hydrogens is 336 g/mol. The van der Waals surface area contributed by atoms with Crippen molar-refractivity contribution in [3.05, 3.63) is 71.8 Å². The van der Waals surface area contributed by atoms with E-state index in [0.29, 0.717) is 5.92 Å². The van der Waals surface area contributed by atoms with Crippen molar-refractivity contribution in [2.75, 3.05) is 0 Å². The van der Waals surface area contributed by atoms with E-state index in [0.717, 1.165) is 23.5 Å². The Morgan fingerprint density at radius 1 is 1.07 bits per heavy atom. The minimum Gasteiger partial charge on any atom is -0.461 e. The molecule has 0 N–H and O–H groups in total. The van der Waals surface area contributed by atoms with Gasteiger partial charge in [0.15, 0.2) is 0 Å². The van der Waals surface area contributed by atoms with E-state index in [1.54, 1.807) is 0 Å². The number of esters is 1. The van der Waals surface area contributed by atoms with Crippen molar-refractivity contribution in [1.29, 1.82) is 0 Å². The standard InChI is InChI=1S/C24H28O3/c1-17(2)13-19-15-22(24(19,3)4)23(25)26-16-18-9-8-12-21(14-18)27-20-10-6-5-7-11-20/h5-14,19,22H,15-16H2,1-4H3. The molecule has 1 aliphatic rings. The molecule has 3 rings (SSSR count). The molecule has 2 aromatic rings. The maximum Gasteiger partial charge on any atom is 0.309 e. The molecular formula is C24H28O3. The van der Waals surface area contributed by atoms with E-state index in [2.05, 4.69) is 33.8 Å². The lowest BCUT2D eigenvalue weighted by molar-refractivity contribution is -0.164. The molecule has 27 heavy (non-hydrogen) atoms. The van der Waals surface area contributed by atoms with E-state index in [1.165, 1.54) is 5.57 Å². The van der Waals surface area contributed by atoms with E-state index < -0.39 is 0 Å². The average Bonchev–Trinajstić information content (AvgIpc) is 2.64. The number of ether oxygens (including phenoxy) is 2. The molecule has 2 unspecified atom stereocenters. The van der Waals surface area contributed by atoms with Crippen LogP contribution < -0.4 is 4.74 Å². The third-order valence-electron chi connectivity index (χ3n) is 5.42. The van der Waals surface area contributed by atoms with Crippen LogP contribution in [-0.4, -0.2) is 5.97 Å². The van der Waals surface area contributed by atoms with Crippen LogP contribution in [0, 0.1) is 17.3 Å². The average molecular weight is 364 g/mol.